The molecule has 160 valence electrons. The van der Waals surface area contributed by atoms with Gasteiger partial charge in [-0.1, -0.05) is 42.0 Å². The molecule has 0 fully saturated rings. The quantitative estimate of drug-likeness (QED) is 0.641. The number of alkyl carbamates (subject to hydrolysis) is 1. The van der Waals surface area contributed by atoms with Gasteiger partial charge < -0.3 is 20.7 Å². The predicted octanol–water partition coefficient (Wildman–Crippen LogP) is 4.03. The van der Waals surface area contributed by atoms with E-state index >= 15 is 0 Å². The van der Waals surface area contributed by atoms with Crippen LogP contribution in [-0.4, -0.2) is 30.1 Å². The first-order chi connectivity index (χ1) is 14.1. The van der Waals surface area contributed by atoms with Crippen molar-refractivity contribution >= 4 is 29.3 Å². The monoisotopic (exact) mass is 411 g/mol. The van der Waals surface area contributed by atoms with E-state index in [1.807, 2.05) is 31.2 Å². The van der Waals surface area contributed by atoms with E-state index in [1.54, 1.807) is 45.0 Å². The van der Waals surface area contributed by atoms with Crippen LogP contribution in [0.4, 0.5) is 16.2 Å². The Hall–Kier alpha value is -3.35. The minimum absolute atomic E-state index is 0.0743. The summed E-state index contributed by atoms with van der Waals surface area (Å²) >= 11 is 0. The van der Waals surface area contributed by atoms with Gasteiger partial charge in [-0.25, -0.2) is 4.79 Å². The Labute approximate surface area is 177 Å². The Kier molecular flexibility index (Phi) is 7.98. The number of benzene rings is 2. The number of carbonyl (C=O) groups excluding carboxylic acids is 3. The highest BCUT2D eigenvalue weighted by molar-refractivity contribution is 6.00. The minimum atomic E-state index is -0.595. The molecule has 0 saturated carbocycles. The molecule has 0 saturated heterocycles. The summed E-state index contributed by atoms with van der Waals surface area (Å²) in [6, 6.07) is 14.7. The van der Waals surface area contributed by atoms with Crippen LogP contribution in [0, 0.1) is 6.92 Å². The predicted molar refractivity (Wildman–Crippen MR) is 117 cm³/mol. The lowest BCUT2D eigenvalue weighted by Crippen LogP contribution is -2.34. The second kappa shape index (κ2) is 10.4. The number of rotatable bonds is 7. The van der Waals surface area contributed by atoms with Crippen LogP contribution in [0.5, 0.6) is 0 Å². The molecule has 30 heavy (non-hydrogen) atoms. The molecular weight excluding hydrogens is 382 g/mol. The van der Waals surface area contributed by atoms with Crippen LogP contribution < -0.4 is 16.0 Å². The van der Waals surface area contributed by atoms with Crippen LogP contribution >= 0.6 is 0 Å². The van der Waals surface area contributed by atoms with Crippen molar-refractivity contribution in [3.63, 3.8) is 0 Å². The van der Waals surface area contributed by atoms with Crippen molar-refractivity contribution in [2.24, 2.45) is 0 Å². The van der Waals surface area contributed by atoms with E-state index in [9.17, 15) is 14.4 Å². The van der Waals surface area contributed by atoms with Crippen LogP contribution in [0.1, 0.15) is 38.3 Å². The summed E-state index contributed by atoms with van der Waals surface area (Å²) in [5.41, 5.74) is 2.46. The summed E-state index contributed by atoms with van der Waals surface area (Å²) in [6.45, 7) is 7.44. The van der Waals surface area contributed by atoms with Gasteiger partial charge in [-0.15, -0.1) is 0 Å². The number of nitrogens with one attached hydrogen (secondary N) is 3. The van der Waals surface area contributed by atoms with Gasteiger partial charge in [-0.2, -0.15) is 0 Å². The highest BCUT2D eigenvalue weighted by atomic mass is 16.6. The zero-order chi connectivity index (χ0) is 22.1. The van der Waals surface area contributed by atoms with E-state index in [2.05, 4.69) is 16.0 Å². The van der Waals surface area contributed by atoms with Gasteiger partial charge in [0.15, 0.2) is 0 Å². The molecule has 0 aliphatic rings. The lowest BCUT2D eigenvalue weighted by atomic mass is 10.1. The number of hydrogen-bond acceptors (Lipinski definition) is 4. The van der Waals surface area contributed by atoms with Gasteiger partial charge in [0.05, 0.1) is 17.8 Å². The van der Waals surface area contributed by atoms with E-state index in [4.69, 9.17) is 4.74 Å². The van der Waals surface area contributed by atoms with Gasteiger partial charge in [0.1, 0.15) is 5.60 Å². The molecule has 0 spiro atoms. The molecule has 0 aliphatic carbocycles. The summed E-state index contributed by atoms with van der Waals surface area (Å²) in [5, 5.41) is 8.14. The number of ether oxygens (including phenoxy) is 1. The van der Waals surface area contributed by atoms with Crippen LogP contribution in [0.2, 0.25) is 0 Å². The Balaban J connectivity index is 1.86. The van der Waals surface area contributed by atoms with Gasteiger partial charge in [0, 0.05) is 13.0 Å². The van der Waals surface area contributed by atoms with Crippen LogP contribution in [-0.2, 0) is 20.7 Å². The topological polar surface area (TPSA) is 96.5 Å². The van der Waals surface area contributed by atoms with Crippen LogP contribution in [0.25, 0.3) is 0 Å². The third-order valence-corrected chi connectivity index (χ3v) is 3.98. The Morgan fingerprint density at radius 2 is 1.43 bits per heavy atom. The molecule has 7 nitrogen and oxygen atoms in total. The number of hydrogen-bond donors (Lipinski definition) is 3. The summed E-state index contributed by atoms with van der Waals surface area (Å²) < 4.78 is 5.13. The van der Waals surface area contributed by atoms with E-state index in [1.165, 1.54) is 0 Å². The number of carbonyl (C=O) groups is 3. The summed E-state index contributed by atoms with van der Waals surface area (Å²) in [7, 11) is 0. The lowest BCUT2D eigenvalue weighted by molar-refractivity contribution is -0.116. The molecule has 3 amide bonds. The molecule has 0 aromatic heterocycles. The van der Waals surface area contributed by atoms with Gasteiger partial charge >= 0.3 is 6.09 Å². The maximum Gasteiger partial charge on any atom is 0.407 e. The Bertz CT molecular complexity index is 886. The molecule has 3 N–H and O–H groups in total. The SMILES string of the molecule is Cc1ccc(CC(=O)Nc2ccccc2NC(=O)CCNC(=O)OC(C)(C)C)cc1. The zero-order valence-electron chi connectivity index (χ0n) is 17.9. The van der Waals surface area contributed by atoms with Crippen molar-refractivity contribution in [3.05, 3.63) is 59.7 Å². The van der Waals surface area contributed by atoms with Crippen molar-refractivity contribution in [3.8, 4) is 0 Å². The molecule has 2 rings (SSSR count). The van der Waals surface area contributed by atoms with Gasteiger partial charge in [-0.05, 0) is 45.4 Å². The average Bonchev–Trinajstić information content (AvgIpc) is 2.64. The smallest absolute Gasteiger partial charge is 0.407 e. The number of aryl methyl sites for hydroxylation is 1. The summed E-state index contributed by atoms with van der Waals surface area (Å²) in [4.78, 5) is 36.2. The Morgan fingerprint density at radius 1 is 0.867 bits per heavy atom. The van der Waals surface area contributed by atoms with Gasteiger partial charge in [0.25, 0.3) is 0 Å². The van der Waals surface area contributed by atoms with Crippen LogP contribution in [0.3, 0.4) is 0 Å². The van der Waals surface area contributed by atoms with E-state index in [0.717, 1.165) is 11.1 Å². The number of amides is 3. The zero-order valence-corrected chi connectivity index (χ0v) is 17.9. The van der Waals surface area contributed by atoms with E-state index in [0.29, 0.717) is 11.4 Å². The second-order valence-corrected chi connectivity index (χ2v) is 7.98. The summed E-state index contributed by atoms with van der Waals surface area (Å²) in [6.07, 6.45) is -0.258. The average molecular weight is 412 g/mol. The van der Waals surface area contributed by atoms with E-state index < -0.39 is 11.7 Å². The van der Waals surface area contributed by atoms with Gasteiger partial charge in [-0.3, -0.25) is 9.59 Å². The lowest BCUT2D eigenvalue weighted by Gasteiger charge is -2.19. The third-order valence-electron chi connectivity index (χ3n) is 3.98. The second-order valence-electron chi connectivity index (χ2n) is 7.98. The van der Waals surface area contributed by atoms with E-state index in [-0.39, 0.29) is 31.2 Å². The molecular formula is C23H29N3O4. The maximum atomic E-state index is 12.4. The van der Waals surface area contributed by atoms with Gasteiger partial charge in [0.2, 0.25) is 11.8 Å². The first kappa shape index (κ1) is 22.9. The molecule has 0 heterocycles. The third kappa shape index (κ3) is 8.34. The minimum Gasteiger partial charge on any atom is -0.444 e. The molecule has 0 bridgehead atoms. The summed E-state index contributed by atoms with van der Waals surface area (Å²) in [5.74, 6) is -0.460. The van der Waals surface area contributed by atoms with Crippen molar-refractivity contribution in [2.75, 3.05) is 17.2 Å². The fraction of sp³-hybridized carbons (Fsp3) is 0.348. The number of para-hydroxylation sites is 2. The molecule has 2 aromatic rings. The first-order valence-corrected chi connectivity index (χ1v) is 9.83. The van der Waals surface area contributed by atoms with Crippen molar-refractivity contribution in [1.82, 2.24) is 5.32 Å². The molecule has 2 aromatic carbocycles. The first-order valence-electron chi connectivity index (χ1n) is 9.83. The fourth-order valence-electron chi connectivity index (χ4n) is 2.59. The molecule has 0 aliphatic heterocycles. The molecule has 7 heteroatoms. The number of anilines is 2. The molecule has 0 radical (unpaired) electrons. The molecule has 0 unspecified atom stereocenters. The largest absolute Gasteiger partial charge is 0.444 e. The standard InChI is InChI=1S/C23H29N3O4/c1-16-9-11-17(12-10-16)15-21(28)26-19-8-6-5-7-18(19)25-20(27)13-14-24-22(29)30-23(2,3)4/h5-12H,13-15H2,1-4H3,(H,24,29)(H,25,27)(H,26,28). The van der Waals surface area contributed by atoms with Crippen molar-refractivity contribution in [1.29, 1.82) is 0 Å². The van der Waals surface area contributed by atoms with Crippen LogP contribution in [0.15, 0.2) is 48.5 Å². The van der Waals surface area contributed by atoms with Crippen molar-refractivity contribution < 1.29 is 19.1 Å². The molecule has 0 atom stereocenters. The fourth-order valence-corrected chi connectivity index (χ4v) is 2.59. The highest BCUT2D eigenvalue weighted by Gasteiger charge is 2.16. The Morgan fingerprint density at radius 3 is 2.00 bits per heavy atom. The normalized spacial score (nSPS) is 10.8. The van der Waals surface area contributed by atoms with Crippen molar-refractivity contribution in [2.45, 2.75) is 46.1 Å². The highest BCUT2D eigenvalue weighted by Crippen LogP contribution is 2.21. The maximum absolute atomic E-state index is 12.4.